The van der Waals surface area contributed by atoms with Gasteiger partial charge >= 0.3 is 0 Å². The summed E-state index contributed by atoms with van der Waals surface area (Å²) < 4.78 is 1.43. The van der Waals surface area contributed by atoms with Crippen molar-refractivity contribution in [3.05, 3.63) is 19.8 Å². The third kappa shape index (κ3) is 1.79. The first-order valence-corrected chi connectivity index (χ1v) is 7.50. The average Bonchev–Trinajstić information content (AvgIpc) is 2.87. The lowest BCUT2D eigenvalue weighted by Gasteiger charge is -2.10. The Bertz CT molecular complexity index is 366. The van der Waals surface area contributed by atoms with Crippen molar-refractivity contribution in [3.63, 3.8) is 0 Å². The zero-order valence-electron chi connectivity index (χ0n) is 8.81. The lowest BCUT2D eigenvalue weighted by atomic mass is 9.98. The van der Waals surface area contributed by atoms with Gasteiger partial charge in [0.05, 0.1) is 0 Å². The molecule has 0 aromatic carbocycles. The van der Waals surface area contributed by atoms with Crippen molar-refractivity contribution in [1.82, 2.24) is 5.32 Å². The van der Waals surface area contributed by atoms with E-state index < -0.39 is 0 Å². The Hall–Kier alpha value is 0.140. The Morgan fingerprint density at radius 2 is 2.07 bits per heavy atom. The van der Waals surface area contributed by atoms with Crippen molar-refractivity contribution in [1.29, 1.82) is 0 Å². The number of rotatable bonds is 1. The first-order valence-electron chi connectivity index (χ1n) is 5.89. The molecule has 1 aromatic rings. The summed E-state index contributed by atoms with van der Waals surface area (Å²) in [6.07, 6.45) is 8.01. The summed E-state index contributed by atoms with van der Waals surface area (Å²) in [5, 5.41) is 3.60. The fourth-order valence-electron chi connectivity index (χ4n) is 2.68. The maximum absolute atomic E-state index is 3.82. The third-order valence-corrected chi connectivity index (χ3v) is 6.08. The molecule has 3 heteroatoms. The van der Waals surface area contributed by atoms with Gasteiger partial charge in [-0.3, -0.25) is 0 Å². The standard InChI is InChI=1S/C12H16BrNS/c13-11-8-4-1-2-6-10(8)15-12(11)9-5-3-7-14-9/h9,14H,1-7H2. The van der Waals surface area contributed by atoms with Crippen LogP contribution in [0.25, 0.3) is 0 Å². The second-order valence-corrected chi connectivity index (χ2v) is 6.47. The number of aryl methyl sites for hydroxylation is 1. The highest BCUT2D eigenvalue weighted by molar-refractivity contribution is 9.10. The van der Waals surface area contributed by atoms with Crippen molar-refractivity contribution >= 4 is 27.3 Å². The molecular weight excluding hydrogens is 270 g/mol. The van der Waals surface area contributed by atoms with Gasteiger partial charge in [-0.05, 0) is 66.6 Å². The van der Waals surface area contributed by atoms with E-state index in [4.69, 9.17) is 0 Å². The highest BCUT2D eigenvalue weighted by Gasteiger charge is 2.25. The number of nitrogens with one attached hydrogen (secondary N) is 1. The molecule has 0 bridgehead atoms. The van der Waals surface area contributed by atoms with Crippen LogP contribution in [0.5, 0.6) is 0 Å². The van der Waals surface area contributed by atoms with Gasteiger partial charge in [0.1, 0.15) is 0 Å². The fourth-order valence-corrected chi connectivity index (χ4v) is 5.16. The second kappa shape index (κ2) is 4.19. The predicted octanol–water partition coefficient (Wildman–Crippen LogP) is 3.81. The van der Waals surface area contributed by atoms with E-state index in [0.717, 1.165) is 0 Å². The van der Waals surface area contributed by atoms with Gasteiger partial charge in [-0.2, -0.15) is 0 Å². The van der Waals surface area contributed by atoms with Crippen LogP contribution < -0.4 is 5.32 Å². The lowest BCUT2D eigenvalue weighted by Crippen LogP contribution is -2.11. The Balaban J connectivity index is 1.97. The van der Waals surface area contributed by atoms with Crippen LogP contribution in [0.2, 0.25) is 0 Å². The highest BCUT2D eigenvalue weighted by Crippen LogP contribution is 2.42. The quantitative estimate of drug-likeness (QED) is 0.827. The maximum Gasteiger partial charge on any atom is 0.0426 e. The Morgan fingerprint density at radius 1 is 1.20 bits per heavy atom. The molecule has 1 unspecified atom stereocenters. The number of fused-ring (bicyclic) bond motifs is 1. The lowest BCUT2D eigenvalue weighted by molar-refractivity contribution is 0.654. The van der Waals surface area contributed by atoms with Gasteiger partial charge in [-0.15, -0.1) is 11.3 Å². The van der Waals surface area contributed by atoms with Gasteiger partial charge in [0, 0.05) is 20.3 Å². The molecule has 82 valence electrons. The predicted molar refractivity (Wildman–Crippen MR) is 68.6 cm³/mol. The molecule has 1 N–H and O–H groups in total. The van der Waals surface area contributed by atoms with Crippen molar-refractivity contribution in [2.45, 2.75) is 44.6 Å². The van der Waals surface area contributed by atoms with Crippen molar-refractivity contribution in [3.8, 4) is 0 Å². The molecule has 0 radical (unpaired) electrons. The number of hydrogen-bond donors (Lipinski definition) is 1. The molecule has 0 spiro atoms. The van der Waals surface area contributed by atoms with E-state index in [1.807, 2.05) is 11.3 Å². The van der Waals surface area contributed by atoms with Crippen LogP contribution in [-0.4, -0.2) is 6.54 Å². The van der Waals surface area contributed by atoms with E-state index in [-0.39, 0.29) is 0 Å². The van der Waals surface area contributed by atoms with Gasteiger partial charge in [0.15, 0.2) is 0 Å². The molecule has 1 fully saturated rings. The summed E-state index contributed by atoms with van der Waals surface area (Å²) in [6, 6.07) is 0.634. The SMILES string of the molecule is Brc1c(C2CCCN2)sc2c1CCCC2. The summed E-state index contributed by atoms with van der Waals surface area (Å²) in [4.78, 5) is 3.22. The van der Waals surface area contributed by atoms with E-state index in [2.05, 4.69) is 21.2 Å². The van der Waals surface area contributed by atoms with Gasteiger partial charge < -0.3 is 5.32 Å². The highest BCUT2D eigenvalue weighted by atomic mass is 79.9. The van der Waals surface area contributed by atoms with Crippen LogP contribution in [-0.2, 0) is 12.8 Å². The van der Waals surface area contributed by atoms with Crippen molar-refractivity contribution in [2.75, 3.05) is 6.54 Å². The molecule has 0 amide bonds. The smallest absolute Gasteiger partial charge is 0.0426 e. The van der Waals surface area contributed by atoms with Crippen molar-refractivity contribution < 1.29 is 0 Å². The van der Waals surface area contributed by atoms with E-state index in [0.29, 0.717) is 6.04 Å². The topological polar surface area (TPSA) is 12.0 Å². The number of hydrogen-bond acceptors (Lipinski definition) is 2. The Labute approximate surface area is 103 Å². The molecule has 2 aliphatic rings. The molecule has 3 rings (SSSR count). The second-order valence-electron chi connectivity index (χ2n) is 4.54. The van der Waals surface area contributed by atoms with Crippen LogP contribution in [0.1, 0.15) is 47.0 Å². The molecule has 1 nitrogen and oxygen atoms in total. The Kier molecular flexibility index (Phi) is 2.88. The van der Waals surface area contributed by atoms with E-state index in [1.54, 1.807) is 15.3 Å². The molecule has 1 aliphatic carbocycles. The minimum atomic E-state index is 0.634. The maximum atomic E-state index is 3.82. The molecule has 1 aromatic heterocycles. The first-order chi connectivity index (χ1) is 7.36. The number of halogens is 1. The normalized spacial score (nSPS) is 25.5. The van der Waals surface area contributed by atoms with E-state index in [9.17, 15) is 0 Å². The molecular formula is C12H16BrNS. The van der Waals surface area contributed by atoms with Crippen LogP contribution in [0, 0.1) is 0 Å². The van der Waals surface area contributed by atoms with Gasteiger partial charge in [0.2, 0.25) is 0 Å². The molecule has 1 aliphatic heterocycles. The monoisotopic (exact) mass is 285 g/mol. The minimum Gasteiger partial charge on any atom is -0.309 e. The molecule has 1 atom stereocenters. The van der Waals surface area contributed by atoms with Crippen LogP contribution >= 0.6 is 27.3 Å². The Morgan fingerprint density at radius 3 is 2.80 bits per heavy atom. The van der Waals surface area contributed by atoms with Gasteiger partial charge in [-0.1, -0.05) is 0 Å². The van der Waals surface area contributed by atoms with Crippen LogP contribution in [0.15, 0.2) is 4.47 Å². The van der Waals surface area contributed by atoms with Crippen LogP contribution in [0.4, 0.5) is 0 Å². The summed E-state index contributed by atoms with van der Waals surface area (Å²) in [7, 11) is 0. The van der Waals surface area contributed by atoms with E-state index in [1.165, 1.54) is 49.5 Å². The zero-order valence-corrected chi connectivity index (χ0v) is 11.2. The summed E-state index contributed by atoms with van der Waals surface area (Å²) >= 11 is 5.87. The van der Waals surface area contributed by atoms with Crippen molar-refractivity contribution in [2.24, 2.45) is 0 Å². The fraction of sp³-hybridized carbons (Fsp3) is 0.667. The first kappa shape index (κ1) is 10.3. The molecule has 0 saturated carbocycles. The minimum absolute atomic E-state index is 0.634. The summed E-state index contributed by atoms with van der Waals surface area (Å²) in [5.74, 6) is 0. The molecule has 2 heterocycles. The molecule has 15 heavy (non-hydrogen) atoms. The third-order valence-electron chi connectivity index (χ3n) is 3.51. The summed E-state index contributed by atoms with van der Waals surface area (Å²) in [5.41, 5.74) is 1.62. The van der Waals surface area contributed by atoms with Gasteiger partial charge in [-0.25, -0.2) is 0 Å². The van der Waals surface area contributed by atoms with Crippen LogP contribution in [0.3, 0.4) is 0 Å². The summed E-state index contributed by atoms with van der Waals surface area (Å²) in [6.45, 7) is 1.19. The molecule has 1 saturated heterocycles. The number of thiophene rings is 1. The largest absolute Gasteiger partial charge is 0.309 e. The average molecular weight is 286 g/mol. The van der Waals surface area contributed by atoms with E-state index >= 15 is 0 Å². The zero-order chi connectivity index (χ0) is 10.3. The van der Waals surface area contributed by atoms with Gasteiger partial charge in [0.25, 0.3) is 0 Å².